The minimum Gasteiger partial charge on any atom is -0.270 e. The molecule has 0 saturated carbocycles. The maximum Gasteiger partial charge on any atom is 0.421 e. The summed E-state index contributed by atoms with van der Waals surface area (Å²) in [7, 11) is 3.13. The number of hydrogen-bond acceptors (Lipinski definition) is 4. The molecule has 3 rings (SSSR count). The number of fused-ring (bicyclic) bond motifs is 1. The third kappa shape index (κ3) is 2.26. The summed E-state index contributed by atoms with van der Waals surface area (Å²) in [6, 6.07) is 0.953. The van der Waals surface area contributed by atoms with Crippen molar-refractivity contribution in [2.24, 2.45) is 4.99 Å². The van der Waals surface area contributed by atoms with E-state index in [9.17, 15) is 9.59 Å². The summed E-state index contributed by atoms with van der Waals surface area (Å²) >= 11 is 0. The lowest BCUT2D eigenvalue weighted by atomic mass is 10.1. The molecule has 1 atom stereocenters. The molecular weight excluding hydrogens is 308 g/mol. The van der Waals surface area contributed by atoms with E-state index in [1.165, 1.54) is 11.9 Å². The second-order valence-electron chi connectivity index (χ2n) is 5.97. The van der Waals surface area contributed by atoms with Crippen LogP contribution in [0.3, 0.4) is 0 Å². The summed E-state index contributed by atoms with van der Waals surface area (Å²) in [5.74, 6) is 0.718. The number of imide groups is 1. The quantitative estimate of drug-likeness (QED) is 0.589. The predicted octanol–water partition coefficient (Wildman–Crippen LogP) is 0.597. The van der Waals surface area contributed by atoms with Crippen LogP contribution in [0.15, 0.2) is 23.2 Å². The van der Waals surface area contributed by atoms with Crippen molar-refractivity contribution in [2.45, 2.75) is 26.8 Å². The van der Waals surface area contributed by atoms with Crippen molar-refractivity contribution in [3.05, 3.63) is 29.6 Å². The van der Waals surface area contributed by atoms with E-state index in [1.807, 2.05) is 43.6 Å². The van der Waals surface area contributed by atoms with E-state index in [2.05, 4.69) is 10.1 Å². The number of carbonyl (C=O) groups excluding carboxylic acids is 2. The predicted molar refractivity (Wildman–Crippen MR) is 89.2 cm³/mol. The number of urea groups is 1. The second-order valence-corrected chi connectivity index (χ2v) is 5.97. The van der Waals surface area contributed by atoms with Crippen LogP contribution in [0.25, 0.3) is 0 Å². The van der Waals surface area contributed by atoms with E-state index in [0.717, 1.165) is 16.3 Å². The normalized spacial score (nSPS) is 21.2. The molecular formula is C16H21N6O2+. The summed E-state index contributed by atoms with van der Waals surface area (Å²) in [4.78, 5) is 32.0. The number of nitrogens with zero attached hydrogens (tertiary/aromatic N) is 6. The molecule has 8 nitrogen and oxygen atoms in total. The van der Waals surface area contributed by atoms with Gasteiger partial charge in [0.1, 0.15) is 5.69 Å². The van der Waals surface area contributed by atoms with Gasteiger partial charge in [0.25, 0.3) is 5.91 Å². The Labute approximate surface area is 140 Å². The van der Waals surface area contributed by atoms with Crippen LogP contribution >= 0.6 is 0 Å². The molecule has 3 amide bonds. The van der Waals surface area contributed by atoms with Crippen molar-refractivity contribution in [2.75, 3.05) is 20.6 Å². The number of rotatable bonds is 2. The average molecular weight is 329 g/mol. The highest BCUT2D eigenvalue weighted by Crippen LogP contribution is 2.20. The first kappa shape index (κ1) is 16.1. The second kappa shape index (κ2) is 5.70. The van der Waals surface area contributed by atoms with E-state index in [4.69, 9.17) is 0 Å². The van der Waals surface area contributed by atoms with E-state index in [1.54, 1.807) is 11.7 Å². The molecule has 2 aliphatic heterocycles. The van der Waals surface area contributed by atoms with Gasteiger partial charge in [0.2, 0.25) is 11.9 Å². The highest BCUT2D eigenvalue weighted by Gasteiger charge is 2.51. The Bertz CT molecular complexity index is 817. The van der Waals surface area contributed by atoms with Crippen molar-refractivity contribution < 1.29 is 14.2 Å². The van der Waals surface area contributed by atoms with Crippen LogP contribution in [0.2, 0.25) is 0 Å². The molecule has 1 saturated heterocycles. The van der Waals surface area contributed by atoms with Crippen molar-refractivity contribution in [3.8, 4) is 0 Å². The minimum atomic E-state index is -0.618. The number of amidine groups is 1. The molecule has 8 heteroatoms. The Kier molecular flexibility index (Phi) is 3.82. The molecule has 0 aliphatic carbocycles. The molecule has 0 spiro atoms. The van der Waals surface area contributed by atoms with Crippen molar-refractivity contribution in [3.63, 3.8) is 0 Å². The van der Waals surface area contributed by atoms with Crippen molar-refractivity contribution in [1.29, 1.82) is 0 Å². The molecule has 126 valence electrons. The summed E-state index contributed by atoms with van der Waals surface area (Å²) in [5, 5.41) is 4.47. The van der Waals surface area contributed by atoms with E-state index in [-0.39, 0.29) is 11.9 Å². The van der Waals surface area contributed by atoms with Gasteiger partial charge in [-0.1, -0.05) is 17.1 Å². The summed E-state index contributed by atoms with van der Waals surface area (Å²) < 4.78 is 3.59. The van der Waals surface area contributed by atoms with Gasteiger partial charge in [0.05, 0.1) is 12.2 Å². The standard InChI is InChI=1S/C16H21N6O2/c1-6-7-8-21-12-13(19(4)16(24)20(5)14(12)23)17-15(21)22-11(3)9-10(2)18-22/h6-7,9,12H,8H2,1-5H3/q+1/b7-6+. The monoisotopic (exact) mass is 329 g/mol. The van der Waals surface area contributed by atoms with Gasteiger partial charge >= 0.3 is 12.0 Å². The fourth-order valence-electron chi connectivity index (χ4n) is 2.99. The van der Waals surface area contributed by atoms with Gasteiger partial charge in [-0.3, -0.25) is 14.6 Å². The highest BCUT2D eigenvalue weighted by atomic mass is 16.2. The number of likely N-dealkylation sites (N-methyl/N-ethyl adjacent to an activating group) is 2. The summed E-state index contributed by atoms with van der Waals surface area (Å²) in [6.45, 7) is 6.27. The van der Waals surface area contributed by atoms with E-state index in [0.29, 0.717) is 18.3 Å². The zero-order valence-electron chi connectivity index (χ0n) is 14.5. The number of hydrogen-bond donors (Lipinski definition) is 0. The highest BCUT2D eigenvalue weighted by molar-refractivity contribution is 6.22. The van der Waals surface area contributed by atoms with Crippen LogP contribution in [0, 0.1) is 13.8 Å². The van der Waals surface area contributed by atoms with Gasteiger partial charge < -0.3 is 0 Å². The first-order chi connectivity index (χ1) is 11.4. The Hall–Kier alpha value is -2.77. The van der Waals surface area contributed by atoms with Crippen LogP contribution in [0.1, 0.15) is 18.3 Å². The number of carbonyl (C=O) groups is 2. The largest absolute Gasteiger partial charge is 0.421 e. The molecule has 1 aromatic heterocycles. The SMILES string of the molecule is C/C=C/C[N+]1=C(n2nc(C)cc2C)N=C2C1C(=O)N(C)C(=O)N2C. The molecule has 1 unspecified atom stereocenters. The van der Waals surface area contributed by atoms with Gasteiger partial charge in [-0.05, 0) is 26.8 Å². The number of aryl methyl sites for hydroxylation is 2. The van der Waals surface area contributed by atoms with Crippen LogP contribution in [-0.2, 0) is 4.79 Å². The molecule has 0 radical (unpaired) electrons. The van der Waals surface area contributed by atoms with Gasteiger partial charge in [-0.2, -0.15) is 0 Å². The number of aromatic nitrogens is 2. The molecule has 2 aliphatic rings. The van der Waals surface area contributed by atoms with Crippen LogP contribution in [-0.4, -0.2) is 74.6 Å². The Balaban J connectivity index is 2.18. The Morgan fingerprint density at radius 2 is 1.96 bits per heavy atom. The maximum atomic E-state index is 12.7. The lowest BCUT2D eigenvalue weighted by Gasteiger charge is -2.31. The smallest absolute Gasteiger partial charge is 0.270 e. The van der Waals surface area contributed by atoms with Gasteiger partial charge in [0, 0.05) is 14.1 Å². The Morgan fingerprint density at radius 3 is 2.54 bits per heavy atom. The number of amides is 3. The first-order valence-corrected chi connectivity index (χ1v) is 7.79. The molecule has 3 heterocycles. The molecule has 0 bridgehead atoms. The van der Waals surface area contributed by atoms with E-state index >= 15 is 0 Å². The number of aliphatic imine (C=N–C) groups is 1. The zero-order chi connectivity index (χ0) is 17.6. The average Bonchev–Trinajstić information content (AvgIpc) is 3.08. The topological polar surface area (TPSA) is 73.8 Å². The Morgan fingerprint density at radius 1 is 1.25 bits per heavy atom. The fraction of sp³-hybridized carbons (Fsp3) is 0.438. The lowest BCUT2D eigenvalue weighted by Crippen LogP contribution is -2.61. The molecule has 1 aromatic rings. The maximum absolute atomic E-state index is 12.7. The minimum absolute atomic E-state index is 0.280. The van der Waals surface area contributed by atoms with Crippen molar-refractivity contribution >= 4 is 23.7 Å². The first-order valence-electron chi connectivity index (χ1n) is 7.79. The summed E-state index contributed by atoms with van der Waals surface area (Å²) in [5.41, 5.74) is 1.79. The summed E-state index contributed by atoms with van der Waals surface area (Å²) in [6.07, 6.45) is 3.87. The third-order valence-electron chi connectivity index (χ3n) is 4.25. The molecule has 1 fully saturated rings. The van der Waals surface area contributed by atoms with Crippen LogP contribution in [0.4, 0.5) is 4.79 Å². The number of allylic oxidation sites excluding steroid dienone is 1. The van der Waals surface area contributed by atoms with Gasteiger partial charge in [-0.15, -0.1) is 9.78 Å². The van der Waals surface area contributed by atoms with Crippen molar-refractivity contribution in [1.82, 2.24) is 19.6 Å². The van der Waals surface area contributed by atoms with E-state index < -0.39 is 6.04 Å². The zero-order valence-corrected chi connectivity index (χ0v) is 14.5. The fourth-order valence-corrected chi connectivity index (χ4v) is 2.99. The molecule has 0 N–H and O–H groups in total. The van der Waals surface area contributed by atoms with Crippen LogP contribution < -0.4 is 0 Å². The van der Waals surface area contributed by atoms with Crippen LogP contribution in [0.5, 0.6) is 0 Å². The molecule has 24 heavy (non-hydrogen) atoms. The molecule has 0 aromatic carbocycles. The van der Waals surface area contributed by atoms with Gasteiger partial charge in [0.15, 0.2) is 0 Å². The third-order valence-corrected chi connectivity index (χ3v) is 4.25. The van der Waals surface area contributed by atoms with Gasteiger partial charge in [-0.25, -0.2) is 9.37 Å². The lowest BCUT2D eigenvalue weighted by molar-refractivity contribution is -0.527.